The van der Waals surface area contributed by atoms with E-state index >= 15 is 0 Å². The van der Waals surface area contributed by atoms with E-state index in [2.05, 4.69) is 20.0 Å². The first kappa shape index (κ1) is 17.3. The third kappa shape index (κ3) is 5.31. The second-order valence-corrected chi connectivity index (χ2v) is 4.57. The van der Waals surface area contributed by atoms with Crippen LogP contribution in [0.3, 0.4) is 0 Å². The molecule has 2 rings (SSSR count). The van der Waals surface area contributed by atoms with E-state index in [1.807, 2.05) is 0 Å². The maximum absolute atomic E-state index is 12.2. The van der Waals surface area contributed by atoms with Crippen molar-refractivity contribution >= 4 is 17.8 Å². The summed E-state index contributed by atoms with van der Waals surface area (Å²) in [6.07, 6.45) is -3.32. The topological polar surface area (TPSA) is 59.9 Å². The molecule has 0 fully saturated rings. The number of oxime groups is 1. The van der Waals surface area contributed by atoms with Crippen molar-refractivity contribution in [2.24, 2.45) is 5.16 Å². The molecule has 2 aromatic carbocycles. The minimum Gasteiger partial charge on any atom is -0.406 e. The number of ether oxygens (including phenoxy) is 1. The fourth-order valence-electron chi connectivity index (χ4n) is 1.81. The number of hydrogen-bond donors (Lipinski definition) is 1. The number of benzene rings is 2. The van der Waals surface area contributed by atoms with Gasteiger partial charge in [-0.1, -0.05) is 23.4 Å². The van der Waals surface area contributed by atoms with Crippen LogP contribution in [0.25, 0.3) is 0 Å². The lowest BCUT2D eigenvalue weighted by molar-refractivity contribution is -0.274. The minimum absolute atomic E-state index is 0.187. The van der Waals surface area contributed by atoms with Crippen molar-refractivity contribution in [3.63, 3.8) is 0 Å². The molecule has 24 heavy (non-hydrogen) atoms. The molecule has 0 aliphatic rings. The third-order valence-corrected chi connectivity index (χ3v) is 2.81. The first-order valence-corrected chi connectivity index (χ1v) is 6.71. The van der Waals surface area contributed by atoms with Crippen LogP contribution in [-0.4, -0.2) is 25.6 Å². The summed E-state index contributed by atoms with van der Waals surface area (Å²) in [5.41, 5.74) is 1.26. The predicted octanol–water partition coefficient (Wildman–Crippen LogP) is 3.82. The highest BCUT2D eigenvalue weighted by molar-refractivity contribution is 6.04. The van der Waals surface area contributed by atoms with Crippen molar-refractivity contribution in [1.29, 1.82) is 0 Å². The van der Waals surface area contributed by atoms with Crippen LogP contribution in [0.15, 0.2) is 53.7 Å². The predicted molar refractivity (Wildman–Crippen MR) is 82.1 cm³/mol. The zero-order valence-corrected chi connectivity index (χ0v) is 12.5. The molecule has 5 nitrogen and oxygen atoms in total. The van der Waals surface area contributed by atoms with Gasteiger partial charge in [0.2, 0.25) is 0 Å². The fourth-order valence-corrected chi connectivity index (χ4v) is 1.81. The van der Waals surface area contributed by atoms with Gasteiger partial charge in [-0.3, -0.25) is 4.79 Å². The minimum atomic E-state index is -4.79. The average Bonchev–Trinajstić information content (AvgIpc) is 2.52. The summed E-state index contributed by atoms with van der Waals surface area (Å²) in [5.74, 6) is -0.874. The lowest BCUT2D eigenvalue weighted by Gasteiger charge is -2.10. The molecule has 0 atom stereocenters. The maximum Gasteiger partial charge on any atom is 0.573 e. The van der Waals surface area contributed by atoms with Gasteiger partial charge in [0, 0.05) is 17.3 Å². The molecule has 1 amide bonds. The number of hydrogen-bond acceptors (Lipinski definition) is 4. The third-order valence-electron chi connectivity index (χ3n) is 2.81. The van der Waals surface area contributed by atoms with Crippen molar-refractivity contribution in [3.8, 4) is 5.75 Å². The quantitative estimate of drug-likeness (QED) is 0.666. The monoisotopic (exact) mass is 338 g/mol. The van der Waals surface area contributed by atoms with E-state index in [0.29, 0.717) is 5.56 Å². The fraction of sp³-hybridized carbons (Fsp3) is 0.125. The van der Waals surface area contributed by atoms with Crippen molar-refractivity contribution in [3.05, 3.63) is 59.7 Å². The largest absolute Gasteiger partial charge is 0.573 e. The van der Waals surface area contributed by atoms with Crippen molar-refractivity contribution in [2.45, 2.75) is 6.36 Å². The van der Waals surface area contributed by atoms with Gasteiger partial charge < -0.3 is 14.9 Å². The molecular weight excluding hydrogens is 325 g/mol. The van der Waals surface area contributed by atoms with Gasteiger partial charge in [-0.05, 0) is 29.8 Å². The molecule has 0 bridgehead atoms. The summed E-state index contributed by atoms with van der Waals surface area (Å²) in [7, 11) is 1.41. The Balaban J connectivity index is 2.06. The van der Waals surface area contributed by atoms with Crippen molar-refractivity contribution in [1.82, 2.24) is 0 Å². The number of nitrogens with zero attached hydrogens (tertiary/aromatic N) is 1. The Labute approximate surface area is 135 Å². The molecule has 0 heterocycles. The smallest absolute Gasteiger partial charge is 0.406 e. The number of rotatable bonds is 5. The normalized spacial score (nSPS) is 11.3. The summed E-state index contributed by atoms with van der Waals surface area (Å²) >= 11 is 0. The molecule has 2 aromatic rings. The Morgan fingerprint density at radius 1 is 1.17 bits per heavy atom. The van der Waals surface area contributed by atoms with E-state index in [0.717, 1.165) is 17.7 Å². The van der Waals surface area contributed by atoms with Gasteiger partial charge >= 0.3 is 6.36 Å². The van der Waals surface area contributed by atoms with E-state index in [1.54, 1.807) is 24.3 Å². The van der Waals surface area contributed by atoms with E-state index < -0.39 is 18.0 Å². The van der Waals surface area contributed by atoms with Crippen LogP contribution >= 0.6 is 0 Å². The van der Waals surface area contributed by atoms with Gasteiger partial charge in [0.15, 0.2) is 0 Å². The molecule has 0 aliphatic carbocycles. The van der Waals surface area contributed by atoms with Gasteiger partial charge in [-0.2, -0.15) is 0 Å². The van der Waals surface area contributed by atoms with Crippen molar-refractivity contribution in [2.75, 3.05) is 12.4 Å². The molecule has 0 saturated heterocycles. The molecule has 0 spiro atoms. The number of halogens is 3. The standard InChI is InChI=1S/C16H13F3N2O3/c1-23-20-10-11-5-7-12(8-6-11)15(22)21-13-3-2-4-14(9-13)24-16(17,18)19/h2-10H,1H3,(H,21,22)/b20-10+. The summed E-state index contributed by atoms with van der Waals surface area (Å²) in [4.78, 5) is 16.6. The van der Waals surface area contributed by atoms with E-state index in [9.17, 15) is 18.0 Å². The Morgan fingerprint density at radius 3 is 2.50 bits per heavy atom. The highest BCUT2D eigenvalue weighted by Crippen LogP contribution is 2.25. The molecule has 0 saturated carbocycles. The number of amides is 1. The van der Waals surface area contributed by atoms with Crippen LogP contribution in [0.5, 0.6) is 5.75 Å². The van der Waals surface area contributed by atoms with E-state index in [4.69, 9.17) is 0 Å². The molecule has 0 aromatic heterocycles. The Morgan fingerprint density at radius 2 is 1.88 bits per heavy atom. The van der Waals surface area contributed by atoms with Crippen LogP contribution in [-0.2, 0) is 4.84 Å². The Hall–Kier alpha value is -3.03. The highest BCUT2D eigenvalue weighted by Gasteiger charge is 2.31. The zero-order chi connectivity index (χ0) is 17.6. The number of nitrogens with one attached hydrogen (secondary N) is 1. The highest BCUT2D eigenvalue weighted by atomic mass is 19.4. The SMILES string of the molecule is CO/N=C/c1ccc(C(=O)Nc2cccc(OC(F)(F)F)c2)cc1. The summed E-state index contributed by atoms with van der Waals surface area (Å²) in [6.45, 7) is 0. The molecule has 0 unspecified atom stereocenters. The van der Waals surface area contributed by atoms with Crippen LogP contribution < -0.4 is 10.1 Å². The molecule has 8 heteroatoms. The number of carbonyl (C=O) groups excluding carboxylic acids is 1. The van der Waals surface area contributed by atoms with Crippen LogP contribution in [0.4, 0.5) is 18.9 Å². The van der Waals surface area contributed by atoms with Gasteiger partial charge in [-0.15, -0.1) is 13.2 Å². The molecule has 1 N–H and O–H groups in total. The lowest BCUT2D eigenvalue weighted by Crippen LogP contribution is -2.17. The average molecular weight is 338 g/mol. The number of alkyl halides is 3. The summed E-state index contributed by atoms with van der Waals surface area (Å²) in [6, 6.07) is 11.5. The van der Waals surface area contributed by atoms with Crippen LogP contribution in [0.2, 0.25) is 0 Å². The summed E-state index contributed by atoms with van der Waals surface area (Å²) < 4.78 is 40.4. The molecule has 0 radical (unpaired) electrons. The first-order chi connectivity index (χ1) is 11.4. The molecule has 126 valence electrons. The Bertz CT molecular complexity index is 728. The number of anilines is 1. The zero-order valence-electron chi connectivity index (χ0n) is 12.5. The van der Waals surface area contributed by atoms with Gasteiger partial charge in [-0.25, -0.2) is 0 Å². The van der Waals surface area contributed by atoms with Crippen LogP contribution in [0.1, 0.15) is 15.9 Å². The first-order valence-electron chi connectivity index (χ1n) is 6.71. The molecular formula is C16H13F3N2O3. The summed E-state index contributed by atoms with van der Waals surface area (Å²) in [5, 5.41) is 6.09. The van der Waals surface area contributed by atoms with Crippen molar-refractivity contribution < 1.29 is 27.5 Å². The van der Waals surface area contributed by atoms with E-state index in [1.165, 1.54) is 25.5 Å². The Kier molecular flexibility index (Phi) is 5.41. The van der Waals surface area contributed by atoms with Gasteiger partial charge in [0.05, 0.1) is 6.21 Å². The van der Waals surface area contributed by atoms with E-state index in [-0.39, 0.29) is 5.69 Å². The second-order valence-electron chi connectivity index (χ2n) is 4.57. The van der Waals surface area contributed by atoms with Gasteiger partial charge in [0.25, 0.3) is 5.91 Å². The van der Waals surface area contributed by atoms with Crippen LogP contribution in [0, 0.1) is 0 Å². The number of carbonyl (C=O) groups is 1. The second kappa shape index (κ2) is 7.49. The maximum atomic E-state index is 12.2. The lowest BCUT2D eigenvalue weighted by atomic mass is 10.1. The van der Waals surface area contributed by atoms with Gasteiger partial charge in [0.1, 0.15) is 12.9 Å². The molecule has 0 aliphatic heterocycles.